The van der Waals surface area contributed by atoms with Gasteiger partial charge in [0.1, 0.15) is 17.5 Å². The summed E-state index contributed by atoms with van der Waals surface area (Å²) >= 11 is 1.41. The van der Waals surface area contributed by atoms with Gasteiger partial charge >= 0.3 is 5.97 Å². The number of carbonyl (C=O) groups is 4. The molecule has 130 valence electrons. The highest BCUT2D eigenvalue weighted by atomic mass is 32.2. The average molecular weight is 360 g/mol. The number of thioether (sulfide) groups is 1. The van der Waals surface area contributed by atoms with Crippen molar-refractivity contribution in [2.45, 2.75) is 36.1 Å². The summed E-state index contributed by atoms with van der Waals surface area (Å²) in [6.45, 7) is 3.70. The van der Waals surface area contributed by atoms with Crippen molar-refractivity contribution in [2.24, 2.45) is 0 Å². The van der Waals surface area contributed by atoms with Gasteiger partial charge in [0.15, 0.2) is 0 Å². The Balaban J connectivity index is 1.68. The molecule has 1 aromatic rings. The van der Waals surface area contributed by atoms with Crippen molar-refractivity contribution in [3.05, 3.63) is 35.4 Å². The van der Waals surface area contributed by atoms with Gasteiger partial charge in [0.05, 0.1) is 18.2 Å². The number of imide groups is 1. The molecule has 0 N–H and O–H groups in total. The molecule has 3 amide bonds. The van der Waals surface area contributed by atoms with Crippen LogP contribution in [0.5, 0.6) is 0 Å². The van der Waals surface area contributed by atoms with E-state index in [-0.39, 0.29) is 0 Å². The first-order valence-corrected chi connectivity index (χ1v) is 8.72. The summed E-state index contributed by atoms with van der Waals surface area (Å²) in [6.07, 6.45) is 0. The first kappa shape index (κ1) is 16.1. The molecule has 0 aliphatic carbocycles. The minimum absolute atomic E-state index is 0.311. The van der Waals surface area contributed by atoms with Crippen LogP contribution in [0.2, 0.25) is 0 Å². The molecule has 3 heterocycles. The number of rotatable bonds is 2. The smallest absolute Gasteiger partial charge is 0.330 e. The van der Waals surface area contributed by atoms with E-state index >= 15 is 0 Å². The third-order valence-corrected chi connectivity index (χ3v) is 6.50. The van der Waals surface area contributed by atoms with E-state index in [9.17, 15) is 19.2 Å². The number of ether oxygens (including phenoxy) is 1. The predicted molar refractivity (Wildman–Crippen MR) is 88.8 cm³/mol. The van der Waals surface area contributed by atoms with Crippen LogP contribution in [-0.2, 0) is 14.3 Å². The highest BCUT2D eigenvalue weighted by Crippen LogP contribution is 2.53. The largest absolute Gasteiger partial charge is 0.467 e. The fourth-order valence-electron chi connectivity index (χ4n) is 3.78. The number of β-lactam (4-membered cyclic amide) rings is 1. The second-order valence-electron chi connectivity index (χ2n) is 6.75. The molecule has 3 atom stereocenters. The zero-order valence-corrected chi connectivity index (χ0v) is 14.7. The second-order valence-corrected chi connectivity index (χ2v) is 8.52. The lowest BCUT2D eigenvalue weighted by molar-refractivity contribution is -0.164. The minimum Gasteiger partial charge on any atom is -0.467 e. The molecule has 1 aromatic carbocycles. The maximum Gasteiger partial charge on any atom is 0.330 e. The SMILES string of the molecule is COC(=O)C1N2C(=O)C(N3C(=O)c4ccccc4C3=O)[C@@H]2SC1(C)C. The summed E-state index contributed by atoms with van der Waals surface area (Å²) in [5.74, 6) is -1.81. The molecule has 0 radical (unpaired) electrons. The maximum absolute atomic E-state index is 12.7. The summed E-state index contributed by atoms with van der Waals surface area (Å²) in [4.78, 5) is 52.6. The summed E-state index contributed by atoms with van der Waals surface area (Å²) in [5.41, 5.74) is 0.621. The van der Waals surface area contributed by atoms with E-state index in [2.05, 4.69) is 0 Å². The maximum atomic E-state index is 12.7. The summed E-state index contributed by atoms with van der Waals surface area (Å²) < 4.78 is 4.26. The van der Waals surface area contributed by atoms with Crippen LogP contribution in [0.1, 0.15) is 34.6 Å². The van der Waals surface area contributed by atoms with E-state index in [0.29, 0.717) is 11.1 Å². The van der Waals surface area contributed by atoms with Gasteiger partial charge < -0.3 is 9.64 Å². The molecule has 0 aromatic heterocycles. The van der Waals surface area contributed by atoms with Crippen LogP contribution in [0.15, 0.2) is 24.3 Å². The number of hydrogen-bond acceptors (Lipinski definition) is 6. The first-order chi connectivity index (χ1) is 11.8. The van der Waals surface area contributed by atoms with Crippen LogP contribution in [0.4, 0.5) is 0 Å². The van der Waals surface area contributed by atoms with Gasteiger partial charge in [-0.15, -0.1) is 11.8 Å². The number of benzene rings is 1. The molecule has 0 spiro atoms. The van der Waals surface area contributed by atoms with Crippen molar-refractivity contribution in [1.29, 1.82) is 0 Å². The normalized spacial score (nSPS) is 29.4. The van der Waals surface area contributed by atoms with Crippen molar-refractivity contribution >= 4 is 35.5 Å². The molecule has 3 aliphatic rings. The van der Waals surface area contributed by atoms with Crippen LogP contribution in [0, 0.1) is 0 Å². The number of esters is 1. The van der Waals surface area contributed by atoms with Crippen LogP contribution >= 0.6 is 11.8 Å². The number of fused-ring (bicyclic) bond motifs is 2. The van der Waals surface area contributed by atoms with Gasteiger partial charge in [-0.05, 0) is 26.0 Å². The van der Waals surface area contributed by atoms with Crippen molar-refractivity contribution in [3.63, 3.8) is 0 Å². The van der Waals surface area contributed by atoms with E-state index in [1.165, 1.54) is 23.8 Å². The Bertz CT molecular complexity index is 801. The molecule has 3 aliphatic heterocycles. The molecule has 2 fully saturated rings. The molecule has 7 nitrogen and oxygen atoms in total. The third-order valence-electron chi connectivity index (χ3n) is 4.94. The summed E-state index contributed by atoms with van der Waals surface area (Å²) in [6, 6.07) is 4.92. The molecule has 2 unspecified atom stereocenters. The Labute approximate surface area is 148 Å². The van der Waals surface area contributed by atoms with Crippen molar-refractivity contribution in [3.8, 4) is 0 Å². The van der Waals surface area contributed by atoms with Gasteiger partial charge in [0.2, 0.25) is 0 Å². The molecule has 25 heavy (non-hydrogen) atoms. The zero-order valence-electron chi connectivity index (χ0n) is 13.9. The Morgan fingerprint density at radius 1 is 1.12 bits per heavy atom. The average Bonchev–Trinajstić information content (AvgIpc) is 2.98. The topological polar surface area (TPSA) is 84.0 Å². The second kappa shape index (κ2) is 5.08. The first-order valence-electron chi connectivity index (χ1n) is 7.84. The van der Waals surface area contributed by atoms with E-state index in [0.717, 1.165) is 4.90 Å². The molecular formula is C17H16N2O5S. The van der Waals surface area contributed by atoms with Crippen molar-refractivity contribution in [2.75, 3.05) is 7.11 Å². The monoisotopic (exact) mass is 360 g/mol. The van der Waals surface area contributed by atoms with E-state index < -0.39 is 45.9 Å². The Morgan fingerprint density at radius 3 is 2.20 bits per heavy atom. The molecule has 2 saturated heterocycles. The fraction of sp³-hybridized carbons (Fsp3) is 0.412. The number of amides is 3. The lowest BCUT2D eigenvalue weighted by atomic mass is 9.95. The van der Waals surface area contributed by atoms with Crippen LogP contribution in [0.25, 0.3) is 0 Å². The third kappa shape index (κ3) is 1.94. The van der Waals surface area contributed by atoms with E-state index in [1.807, 2.05) is 13.8 Å². The number of hydrogen-bond donors (Lipinski definition) is 0. The highest BCUT2D eigenvalue weighted by Gasteiger charge is 2.67. The van der Waals surface area contributed by atoms with Crippen LogP contribution < -0.4 is 0 Å². The van der Waals surface area contributed by atoms with Crippen molar-refractivity contribution < 1.29 is 23.9 Å². The number of nitrogens with zero attached hydrogens (tertiary/aromatic N) is 2. The molecular weight excluding hydrogens is 344 g/mol. The van der Waals surface area contributed by atoms with Gasteiger partial charge in [-0.1, -0.05) is 12.1 Å². The Morgan fingerprint density at radius 2 is 1.68 bits per heavy atom. The van der Waals surface area contributed by atoms with Crippen LogP contribution in [0.3, 0.4) is 0 Å². The summed E-state index contributed by atoms with van der Waals surface area (Å²) in [7, 11) is 1.28. The van der Waals surface area contributed by atoms with E-state index in [1.54, 1.807) is 24.3 Å². The van der Waals surface area contributed by atoms with Gasteiger partial charge in [-0.2, -0.15) is 0 Å². The lowest BCUT2D eigenvalue weighted by Gasteiger charge is -2.46. The Hall–Kier alpha value is -2.35. The lowest BCUT2D eigenvalue weighted by Crippen LogP contribution is -2.71. The van der Waals surface area contributed by atoms with E-state index in [4.69, 9.17) is 4.74 Å². The Kier molecular flexibility index (Phi) is 3.28. The van der Waals surface area contributed by atoms with Crippen LogP contribution in [-0.4, -0.2) is 62.8 Å². The fourth-order valence-corrected chi connectivity index (χ4v) is 5.45. The standard InChI is InChI=1S/C17H16N2O5S/c1-17(2)11(16(23)24-3)19-14(22)10(15(19)25-17)18-12(20)8-6-4-5-7-9(8)13(18)21/h4-7,10-11,15H,1-3H3/t10?,11?,15-/m0/s1. The van der Waals surface area contributed by atoms with Gasteiger partial charge in [0, 0.05) is 4.75 Å². The zero-order chi connectivity index (χ0) is 18.1. The molecule has 0 saturated carbocycles. The predicted octanol–water partition coefficient (Wildman–Crippen LogP) is 0.886. The molecule has 0 bridgehead atoms. The quantitative estimate of drug-likeness (QED) is 0.442. The van der Waals surface area contributed by atoms with Gasteiger partial charge in [-0.25, -0.2) is 4.79 Å². The summed E-state index contributed by atoms with van der Waals surface area (Å²) in [5, 5.41) is -0.436. The molecule has 4 rings (SSSR count). The number of carbonyl (C=O) groups excluding carboxylic acids is 4. The van der Waals surface area contributed by atoms with Crippen molar-refractivity contribution in [1.82, 2.24) is 9.80 Å². The minimum atomic E-state index is -0.883. The van der Waals surface area contributed by atoms with Gasteiger partial charge in [-0.3, -0.25) is 19.3 Å². The molecule has 8 heteroatoms. The van der Waals surface area contributed by atoms with Gasteiger partial charge in [0.25, 0.3) is 17.7 Å². The highest BCUT2D eigenvalue weighted by molar-refractivity contribution is 8.01. The number of methoxy groups -OCH3 is 1.